The number of nitrogens with two attached hydrogens (primary N) is 1. The lowest BCUT2D eigenvalue weighted by molar-refractivity contribution is -0.0109. The standard InChI is InChI=1S/C7H13NO2/c8-6-1-3-10-7(6)2-4-9-5-7/h6H,1-5,8H2. The van der Waals surface area contributed by atoms with E-state index in [1.165, 1.54) is 0 Å². The van der Waals surface area contributed by atoms with Crippen LogP contribution in [0.4, 0.5) is 0 Å². The summed E-state index contributed by atoms with van der Waals surface area (Å²) in [4.78, 5) is 0. The van der Waals surface area contributed by atoms with Gasteiger partial charge < -0.3 is 15.2 Å². The van der Waals surface area contributed by atoms with Gasteiger partial charge in [0.25, 0.3) is 0 Å². The van der Waals surface area contributed by atoms with E-state index in [4.69, 9.17) is 15.2 Å². The third-order valence-electron chi connectivity index (χ3n) is 2.51. The minimum absolute atomic E-state index is 0.0972. The Balaban J connectivity index is 2.11. The monoisotopic (exact) mass is 143 g/mol. The average Bonchev–Trinajstić information content (AvgIpc) is 2.48. The summed E-state index contributed by atoms with van der Waals surface area (Å²) in [5, 5.41) is 0. The van der Waals surface area contributed by atoms with Gasteiger partial charge in [0, 0.05) is 25.7 Å². The Hall–Kier alpha value is -0.120. The van der Waals surface area contributed by atoms with E-state index in [0.717, 1.165) is 26.1 Å². The molecular weight excluding hydrogens is 130 g/mol. The summed E-state index contributed by atoms with van der Waals surface area (Å²) in [6.45, 7) is 2.33. The molecular formula is C7H13NO2. The summed E-state index contributed by atoms with van der Waals surface area (Å²) in [5.74, 6) is 0. The fourth-order valence-electron chi connectivity index (χ4n) is 1.73. The predicted octanol–water partition coefficient (Wildman–Crippen LogP) is -0.107. The van der Waals surface area contributed by atoms with Gasteiger partial charge in [-0.25, -0.2) is 0 Å². The average molecular weight is 143 g/mol. The predicted molar refractivity (Wildman–Crippen MR) is 36.7 cm³/mol. The van der Waals surface area contributed by atoms with Gasteiger partial charge in [-0.1, -0.05) is 0 Å². The lowest BCUT2D eigenvalue weighted by Gasteiger charge is -2.24. The molecule has 0 radical (unpaired) electrons. The highest BCUT2D eigenvalue weighted by Crippen LogP contribution is 2.32. The maximum Gasteiger partial charge on any atom is 0.109 e. The molecule has 3 heteroatoms. The fraction of sp³-hybridized carbons (Fsp3) is 1.00. The van der Waals surface area contributed by atoms with E-state index in [2.05, 4.69) is 0 Å². The van der Waals surface area contributed by atoms with E-state index >= 15 is 0 Å². The van der Waals surface area contributed by atoms with Gasteiger partial charge in [0.1, 0.15) is 5.60 Å². The van der Waals surface area contributed by atoms with Crippen LogP contribution in [0.2, 0.25) is 0 Å². The van der Waals surface area contributed by atoms with Crippen LogP contribution in [-0.2, 0) is 9.47 Å². The normalized spacial score (nSPS) is 47.1. The third-order valence-corrected chi connectivity index (χ3v) is 2.51. The SMILES string of the molecule is NC1CCOC12CCOC2. The second-order valence-corrected chi connectivity index (χ2v) is 3.11. The molecule has 0 aromatic heterocycles. The molecule has 1 spiro atoms. The van der Waals surface area contributed by atoms with Crippen molar-refractivity contribution < 1.29 is 9.47 Å². The van der Waals surface area contributed by atoms with Crippen molar-refractivity contribution >= 4 is 0 Å². The number of hydrogen-bond donors (Lipinski definition) is 1. The van der Waals surface area contributed by atoms with Crippen molar-refractivity contribution in [3.63, 3.8) is 0 Å². The maximum absolute atomic E-state index is 5.87. The van der Waals surface area contributed by atoms with E-state index in [-0.39, 0.29) is 11.6 Å². The molecule has 0 aromatic rings. The van der Waals surface area contributed by atoms with Crippen LogP contribution in [0.1, 0.15) is 12.8 Å². The number of ether oxygens (including phenoxy) is 2. The van der Waals surface area contributed by atoms with E-state index in [0.29, 0.717) is 6.61 Å². The lowest BCUT2D eigenvalue weighted by atomic mass is 9.95. The second kappa shape index (κ2) is 2.19. The van der Waals surface area contributed by atoms with Gasteiger partial charge in [-0.3, -0.25) is 0 Å². The van der Waals surface area contributed by atoms with Crippen LogP contribution in [0.25, 0.3) is 0 Å². The highest BCUT2D eigenvalue weighted by atomic mass is 16.6. The number of rotatable bonds is 0. The van der Waals surface area contributed by atoms with Crippen LogP contribution in [0, 0.1) is 0 Å². The van der Waals surface area contributed by atoms with Gasteiger partial charge in [0.2, 0.25) is 0 Å². The minimum Gasteiger partial charge on any atom is -0.378 e. The fourth-order valence-corrected chi connectivity index (χ4v) is 1.73. The van der Waals surface area contributed by atoms with E-state index in [1.54, 1.807) is 0 Å². The molecule has 10 heavy (non-hydrogen) atoms. The molecule has 2 aliphatic heterocycles. The van der Waals surface area contributed by atoms with Crippen LogP contribution in [0.5, 0.6) is 0 Å². The smallest absolute Gasteiger partial charge is 0.109 e. The zero-order chi connectivity index (χ0) is 7.03. The zero-order valence-corrected chi connectivity index (χ0v) is 6.01. The molecule has 0 aromatic carbocycles. The second-order valence-electron chi connectivity index (χ2n) is 3.11. The first kappa shape index (κ1) is 6.58. The Bertz CT molecular complexity index is 126. The van der Waals surface area contributed by atoms with Crippen molar-refractivity contribution in [1.29, 1.82) is 0 Å². The maximum atomic E-state index is 5.87. The van der Waals surface area contributed by atoms with Crippen LogP contribution >= 0.6 is 0 Å². The summed E-state index contributed by atoms with van der Waals surface area (Å²) in [6.07, 6.45) is 1.97. The molecule has 2 rings (SSSR count). The van der Waals surface area contributed by atoms with Crippen molar-refractivity contribution in [1.82, 2.24) is 0 Å². The molecule has 2 heterocycles. The highest BCUT2D eigenvalue weighted by Gasteiger charge is 2.45. The summed E-state index contributed by atoms with van der Waals surface area (Å²) < 4.78 is 10.8. The lowest BCUT2D eigenvalue weighted by Crippen LogP contribution is -2.45. The zero-order valence-electron chi connectivity index (χ0n) is 6.01. The Morgan fingerprint density at radius 1 is 1.40 bits per heavy atom. The molecule has 58 valence electrons. The number of hydrogen-bond acceptors (Lipinski definition) is 3. The van der Waals surface area contributed by atoms with Crippen molar-refractivity contribution in [2.75, 3.05) is 19.8 Å². The molecule has 0 bridgehead atoms. The Morgan fingerprint density at radius 3 is 2.80 bits per heavy atom. The Morgan fingerprint density at radius 2 is 2.30 bits per heavy atom. The van der Waals surface area contributed by atoms with E-state index in [1.807, 2.05) is 0 Å². The largest absolute Gasteiger partial charge is 0.378 e. The van der Waals surface area contributed by atoms with Gasteiger partial charge in [-0.2, -0.15) is 0 Å². The van der Waals surface area contributed by atoms with Crippen molar-refractivity contribution in [3.05, 3.63) is 0 Å². The molecule has 3 nitrogen and oxygen atoms in total. The van der Waals surface area contributed by atoms with Crippen molar-refractivity contribution in [3.8, 4) is 0 Å². The molecule has 0 amide bonds. The minimum atomic E-state index is -0.0972. The molecule has 2 atom stereocenters. The molecule has 2 N–H and O–H groups in total. The summed E-state index contributed by atoms with van der Waals surface area (Å²) in [6, 6.07) is 0.204. The van der Waals surface area contributed by atoms with Gasteiger partial charge >= 0.3 is 0 Å². The van der Waals surface area contributed by atoms with Gasteiger partial charge in [0.05, 0.1) is 6.61 Å². The molecule has 0 aliphatic carbocycles. The van der Waals surface area contributed by atoms with Gasteiger partial charge in [-0.05, 0) is 6.42 Å². The molecule has 2 unspecified atom stereocenters. The van der Waals surface area contributed by atoms with Crippen LogP contribution in [-0.4, -0.2) is 31.5 Å². The van der Waals surface area contributed by atoms with Crippen LogP contribution in [0.3, 0.4) is 0 Å². The summed E-state index contributed by atoms with van der Waals surface area (Å²) in [5.41, 5.74) is 5.77. The Labute approximate surface area is 60.5 Å². The van der Waals surface area contributed by atoms with Crippen LogP contribution in [0.15, 0.2) is 0 Å². The Kier molecular flexibility index (Phi) is 1.44. The third kappa shape index (κ3) is 0.779. The van der Waals surface area contributed by atoms with E-state index in [9.17, 15) is 0 Å². The molecule has 2 aliphatic rings. The molecule has 2 fully saturated rings. The van der Waals surface area contributed by atoms with Crippen molar-refractivity contribution in [2.24, 2.45) is 5.73 Å². The van der Waals surface area contributed by atoms with Crippen molar-refractivity contribution in [2.45, 2.75) is 24.5 Å². The first-order valence-corrected chi connectivity index (χ1v) is 3.81. The topological polar surface area (TPSA) is 44.5 Å². The van der Waals surface area contributed by atoms with Gasteiger partial charge in [-0.15, -0.1) is 0 Å². The molecule has 0 saturated carbocycles. The quantitative estimate of drug-likeness (QED) is 0.514. The van der Waals surface area contributed by atoms with Gasteiger partial charge in [0.15, 0.2) is 0 Å². The highest BCUT2D eigenvalue weighted by molar-refractivity contribution is 4.98. The van der Waals surface area contributed by atoms with Crippen LogP contribution < -0.4 is 5.73 Å². The first-order valence-electron chi connectivity index (χ1n) is 3.81. The van der Waals surface area contributed by atoms with E-state index < -0.39 is 0 Å². The summed E-state index contributed by atoms with van der Waals surface area (Å²) in [7, 11) is 0. The first-order chi connectivity index (χ1) is 4.83. The summed E-state index contributed by atoms with van der Waals surface area (Å²) >= 11 is 0. The molecule has 2 saturated heterocycles.